The van der Waals surface area contributed by atoms with Crippen molar-refractivity contribution in [2.24, 2.45) is 0 Å². The summed E-state index contributed by atoms with van der Waals surface area (Å²) in [6.07, 6.45) is -1.71. The van der Waals surface area contributed by atoms with Gasteiger partial charge in [0.25, 0.3) is 5.56 Å². The van der Waals surface area contributed by atoms with E-state index < -0.39 is 29.3 Å². The number of nitrogen functional groups attached to an aromatic ring is 1. The fraction of sp³-hybridized carbons (Fsp3) is 0.217. The summed E-state index contributed by atoms with van der Waals surface area (Å²) >= 11 is 6.75. The molecule has 0 bridgehead atoms. The third-order valence-electron chi connectivity index (χ3n) is 6.52. The highest BCUT2D eigenvalue weighted by Crippen LogP contribution is 2.43. The van der Waals surface area contributed by atoms with Gasteiger partial charge in [-0.2, -0.15) is 17.9 Å². The minimum atomic E-state index is -4.70. The Morgan fingerprint density at radius 3 is 2.77 bits per heavy atom. The van der Waals surface area contributed by atoms with Crippen molar-refractivity contribution in [2.45, 2.75) is 31.5 Å². The molecule has 0 fully saturated rings. The summed E-state index contributed by atoms with van der Waals surface area (Å²) in [7, 11) is 0. The summed E-state index contributed by atoms with van der Waals surface area (Å²) in [5.41, 5.74) is 5.29. The number of halogens is 5. The fourth-order valence-corrected chi connectivity index (χ4v) is 5.84. The lowest BCUT2D eigenvalue weighted by Crippen LogP contribution is -2.24. The van der Waals surface area contributed by atoms with E-state index in [-0.39, 0.29) is 43.5 Å². The van der Waals surface area contributed by atoms with Gasteiger partial charge in [-0.25, -0.2) is 14.4 Å². The number of benzene rings is 1. The molecule has 0 amide bonds. The third-order valence-corrected chi connectivity index (χ3v) is 7.73. The summed E-state index contributed by atoms with van der Waals surface area (Å²) < 4.78 is 58.5. The lowest BCUT2D eigenvalue weighted by molar-refractivity contribution is -0.140. The molecule has 39 heavy (non-hydrogen) atoms. The van der Waals surface area contributed by atoms with Crippen LogP contribution in [0.2, 0.25) is 5.02 Å². The van der Waals surface area contributed by atoms with Crippen LogP contribution in [0.1, 0.15) is 42.5 Å². The van der Waals surface area contributed by atoms with Gasteiger partial charge in [-0.3, -0.25) is 4.79 Å². The Kier molecular flexibility index (Phi) is 5.80. The molecule has 1 aliphatic heterocycles. The van der Waals surface area contributed by atoms with Crippen LogP contribution in [0, 0.1) is 5.82 Å². The van der Waals surface area contributed by atoms with E-state index in [1.165, 1.54) is 33.9 Å². The maximum absolute atomic E-state index is 15.3. The highest BCUT2D eigenvalue weighted by molar-refractivity contribution is 7.18. The van der Waals surface area contributed by atoms with E-state index in [9.17, 15) is 18.0 Å². The first-order chi connectivity index (χ1) is 18.5. The Hall–Kier alpha value is -4.11. The summed E-state index contributed by atoms with van der Waals surface area (Å²) in [6, 6.07) is 5.27. The van der Waals surface area contributed by atoms with E-state index in [0.29, 0.717) is 29.3 Å². The molecule has 10 nitrogen and oxygen atoms in total. The summed E-state index contributed by atoms with van der Waals surface area (Å²) in [6.45, 7) is 1.89. The molecular weight excluding hydrogens is 562 g/mol. The second-order valence-electron chi connectivity index (χ2n) is 8.95. The van der Waals surface area contributed by atoms with Gasteiger partial charge in [0.05, 0.1) is 33.5 Å². The van der Waals surface area contributed by atoms with Crippen molar-refractivity contribution in [2.75, 3.05) is 5.73 Å². The largest absolute Gasteiger partial charge is 0.434 e. The number of nitrogens with one attached hydrogen (secondary N) is 1. The molecule has 0 unspecified atom stereocenters. The number of hydrogen-bond acceptors (Lipinski definition) is 8. The number of aromatic amines is 1. The molecule has 2 atom stereocenters. The third kappa shape index (κ3) is 4.17. The Balaban J connectivity index is 1.44. The number of hydrogen-bond donors (Lipinski definition) is 2. The van der Waals surface area contributed by atoms with Crippen molar-refractivity contribution in [3.63, 3.8) is 0 Å². The maximum atomic E-state index is 15.3. The molecule has 3 N–H and O–H groups in total. The quantitative estimate of drug-likeness (QED) is 0.292. The molecule has 16 heteroatoms. The molecule has 0 saturated heterocycles. The van der Waals surface area contributed by atoms with E-state index in [1.54, 1.807) is 12.1 Å². The minimum absolute atomic E-state index is 0.0497. The lowest BCUT2D eigenvalue weighted by Gasteiger charge is -2.16. The van der Waals surface area contributed by atoms with Gasteiger partial charge in [0, 0.05) is 17.3 Å². The van der Waals surface area contributed by atoms with Crippen LogP contribution in [0.5, 0.6) is 0 Å². The number of anilines is 1. The van der Waals surface area contributed by atoms with E-state index in [0.717, 1.165) is 0 Å². The van der Waals surface area contributed by atoms with Gasteiger partial charge in [-0.15, -0.1) is 5.10 Å². The molecule has 4 aromatic heterocycles. The van der Waals surface area contributed by atoms with Crippen LogP contribution in [0.3, 0.4) is 0 Å². The number of alkyl halides is 3. The molecule has 6 rings (SSSR count). The van der Waals surface area contributed by atoms with Crippen molar-refractivity contribution in [1.29, 1.82) is 0 Å². The zero-order valence-electron chi connectivity index (χ0n) is 19.7. The number of imidazole rings is 1. The van der Waals surface area contributed by atoms with Gasteiger partial charge in [0.1, 0.15) is 12.2 Å². The monoisotopic (exact) mass is 577 g/mol. The van der Waals surface area contributed by atoms with Gasteiger partial charge >= 0.3 is 6.18 Å². The molecule has 0 radical (unpaired) electrons. The number of pyridine rings is 1. The summed E-state index contributed by atoms with van der Waals surface area (Å²) in [4.78, 5) is 23.9. The zero-order chi connectivity index (χ0) is 27.6. The van der Waals surface area contributed by atoms with Gasteiger partial charge in [0.15, 0.2) is 16.6 Å². The molecule has 0 spiro atoms. The van der Waals surface area contributed by atoms with Crippen LogP contribution < -0.4 is 11.3 Å². The number of fused-ring (bicyclic) bond motifs is 1. The topological polar surface area (TPSA) is 133 Å². The predicted molar refractivity (Wildman–Crippen MR) is 134 cm³/mol. The minimum Gasteiger partial charge on any atom is -0.375 e. The van der Waals surface area contributed by atoms with Gasteiger partial charge in [-0.1, -0.05) is 29.9 Å². The van der Waals surface area contributed by atoms with Crippen molar-refractivity contribution >= 4 is 28.1 Å². The standard InChI is InChI=1S/C23H16ClF4N9OS/c1-9-4-15(21-30-7-12(32-21)19-20(23(26,27)28)33-22(29)39-19)37-14(9)5-10(6-16(37)38)17-13(36-8-31-34-35-36)3-2-11(24)18(17)25/h2-3,5-9,15H,4H2,1H3,(H2,29,33)(H,30,32)/t9-,15-/m0/s1. The predicted octanol–water partition coefficient (Wildman–Crippen LogP) is 4.83. The number of thiazole rings is 1. The average Bonchev–Trinajstić information content (AvgIpc) is 3.66. The van der Waals surface area contributed by atoms with Crippen LogP contribution in [-0.4, -0.2) is 39.7 Å². The first kappa shape index (κ1) is 25.2. The van der Waals surface area contributed by atoms with Crippen LogP contribution in [0.4, 0.5) is 22.7 Å². The van der Waals surface area contributed by atoms with Gasteiger partial charge in [-0.05, 0) is 46.5 Å². The first-order valence-corrected chi connectivity index (χ1v) is 12.6. The Morgan fingerprint density at radius 1 is 1.26 bits per heavy atom. The highest BCUT2D eigenvalue weighted by atomic mass is 35.5. The number of tetrazole rings is 1. The summed E-state index contributed by atoms with van der Waals surface area (Å²) in [5, 5.41) is 10.6. The molecular formula is C23H16ClF4N9OS. The van der Waals surface area contributed by atoms with Crippen molar-refractivity contribution in [3.8, 4) is 27.4 Å². The molecule has 0 aliphatic carbocycles. The average molecular weight is 578 g/mol. The second kappa shape index (κ2) is 8.98. The number of nitrogens with zero attached hydrogens (tertiary/aromatic N) is 7. The van der Waals surface area contributed by atoms with Crippen molar-refractivity contribution in [1.82, 2.24) is 39.7 Å². The van der Waals surface area contributed by atoms with E-state index in [2.05, 4.69) is 30.5 Å². The number of rotatable bonds is 4. The molecule has 0 saturated carbocycles. The van der Waals surface area contributed by atoms with E-state index in [1.807, 2.05) is 6.92 Å². The van der Waals surface area contributed by atoms with E-state index in [4.69, 9.17) is 17.3 Å². The molecule has 1 aliphatic rings. The molecule has 200 valence electrons. The van der Waals surface area contributed by atoms with Crippen LogP contribution in [0.15, 0.2) is 41.6 Å². The van der Waals surface area contributed by atoms with Crippen LogP contribution in [-0.2, 0) is 6.18 Å². The Morgan fingerprint density at radius 2 is 2.05 bits per heavy atom. The second-order valence-corrected chi connectivity index (χ2v) is 10.4. The zero-order valence-corrected chi connectivity index (χ0v) is 21.3. The normalized spacial score (nSPS) is 17.1. The SMILES string of the molecule is C[C@H]1C[C@@H](c2ncc(-c3sc(N)nc3C(F)(F)F)[nH]2)n2c1cc(-c1c(-n3cnnn3)ccc(Cl)c1F)cc2=O. The summed E-state index contributed by atoms with van der Waals surface area (Å²) in [5.74, 6) is -0.607. The van der Waals surface area contributed by atoms with Crippen LogP contribution >= 0.6 is 22.9 Å². The highest BCUT2D eigenvalue weighted by Gasteiger charge is 2.39. The van der Waals surface area contributed by atoms with Crippen molar-refractivity contribution < 1.29 is 17.6 Å². The number of aromatic nitrogens is 8. The molecule has 1 aromatic carbocycles. The Labute approximate surface area is 225 Å². The number of nitrogens with two attached hydrogens (primary N) is 1. The maximum Gasteiger partial charge on any atom is 0.434 e. The molecule has 5 aromatic rings. The van der Waals surface area contributed by atoms with Crippen molar-refractivity contribution in [3.05, 3.63) is 75.2 Å². The van der Waals surface area contributed by atoms with Crippen LogP contribution in [0.25, 0.3) is 27.4 Å². The fourth-order valence-electron chi connectivity index (χ4n) is 4.86. The first-order valence-electron chi connectivity index (χ1n) is 11.4. The van der Waals surface area contributed by atoms with Gasteiger partial charge < -0.3 is 15.3 Å². The lowest BCUT2D eigenvalue weighted by atomic mass is 9.99. The molecule has 5 heterocycles. The smallest absolute Gasteiger partial charge is 0.375 e. The Bertz CT molecular complexity index is 1780. The van der Waals surface area contributed by atoms with Gasteiger partial charge in [0.2, 0.25) is 0 Å². The number of H-pyrrole nitrogens is 1. The van der Waals surface area contributed by atoms with E-state index >= 15 is 4.39 Å².